The van der Waals surface area contributed by atoms with Gasteiger partial charge in [0.2, 0.25) is 5.91 Å². The lowest BCUT2D eigenvalue weighted by atomic mass is 10.1. The fourth-order valence-corrected chi connectivity index (χ4v) is 2.87. The van der Waals surface area contributed by atoms with Gasteiger partial charge in [-0.25, -0.2) is 0 Å². The molecule has 0 bridgehead atoms. The number of benzene rings is 1. The molecule has 0 radical (unpaired) electrons. The Balaban J connectivity index is 2.11. The first-order valence-electron chi connectivity index (χ1n) is 8.97. The van der Waals surface area contributed by atoms with E-state index in [4.69, 9.17) is 15.2 Å². The normalized spacial score (nSPS) is 17.1. The van der Waals surface area contributed by atoms with Gasteiger partial charge < -0.3 is 20.1 Å². The molecule has 2 rings (SSSR count). The number of nitrogens with two attached hydrogens (primary N) is 1. The van der Waals surface area contributed by atoms with Crippen LogP contribution >= 0.6 is 0 Å². The Hall–Kier alpha value is -1.92. The van der Waals surface area contributed by atoms with Crippen molar-refractivity contribution in [1.82, 2.24) is 4.90 Å². The first kappa shape index (κ1) is 19.4. The molecule has 0 saturated carbocycles. The molecule has 1 saturated heterocycles. The second-order valence-corrected chi connectivity index (χ2v) is 6.29. The van der Waals surface area contributed by atoms with Crippen LogP contribution in [0.4, 0.5) is 0 Å². The number of amides is 2. The summed E-state index contributed by atoms with van der Waals surface area (Å²) in [5.41, 5.74) is 6.48. The highest BCUT2D eigenvalue weighted by atomic mass is 16.5. The summed E-state index contributed by atoms with van der Waals surface area (Å²) in [4.78, 5) is 26.4. The van der Waals surface area contributed by atoms with Crippen molar-refractivity contribution in [3.63, 3.8) is 0 Å². The van der Waals surface area contributed by atoms with Crippen LogP contribution in [0.15, 0.2) is 30.3 Å². The van der Waals surface area contributed by atoms with E-state index in [0.717, 1.165) is 18.4 Å². The molecule has 1 aromatic rings. The number of nitrogens with zero attached hydrogens (tertiary/aromatic N) is 1. The monoisotopic (exact) mass is 348 g/mol. The van der Waals surface area contributed by atoms with Gasteiger partial charge in [0.25, 0.3) is 5.91 Å². The summed E-state index contributed by atoms with van der Waals surface area (Å²) < 4.78 is 11.2. The van der Waals surface area contributed by atoms with Crippen LogP contribution in [0.3, 0.4) is 0 Å². The molecule has 2 N–H and O–H groups in total. The first-order valence-corrected chi connectivity index (χ1v) is 8.97. The van der Waals surface area contributed by atoms with E-state index in [1.165, 1.54) is 0 Å². The fourth-order valence-electron chi connectivity index (χ4n) is 2.87. The second-order valence-electron chi connectivity index (χ2n) is 6.29. The lowest BCUT2D eigenvalue weighted by Gasteiger charge is -2.31. The first-order chi connectivity index (χ1) is 12.1. The minimum Gasteiger partial charge on any atom is -0.378 e. The van der Waals surface area contributed by atoms with Crippen molar-refractivity contribution in [3.8, 4) is 0 Å². The van der Waals surface area contributed by atoms with Crippen LogP contribution in [0.25, 0.3) is 0 Å². The smallest absolute Gasteiger partial charge is 0.252 e. The van der Waals surface area contributed by atoms with Crippen LogP contribution in [-0.2, 0) is 25.5 Å². The molecule has 0 aliphatic carbocycles. The Morgan fingerprint density at radius 3 is 2.48 bits per heavy atom. The number of carbonyl (C=O) groups excluding carboxylic acids is 2. The second kappa shape index (κ2) is 10.2. The zero-order valence-corrected chi connectivity index (χ0v) is 14.9. The molecule has 1 aromatic carbocycles. The zero-order valence-electron chi connectivity index (χ0n) is 14.9. The maximum atomic E-state index is 12.9. The quantitative estimate of drug-likeness (QED) is 0.733. The number of rotatable bonds is 9. The number of morpholine rings is 1. The summed E-state index contributed by atoms with van der Waals surface area (Å²) in [5, 5.41) is 0. The molecule has 0 aromatic heterocycles. The molecule has 1 heterocycles. The van der Waals surface area contributed by atoms with Crippen molar-refractivity contribution in [1.29, 1.82) is 0 Å². The highest BCUT2D eigenvalue weighted by molar-refractivity contribution is 5.83. The standard InChI is InChI=1S/C19H28N2O4/c1-2-3-9-16(18(20)22)25-17(14-15-7-5-4-6-8-15)19(23)21-10-12-24-13-11-21/h4-8,16-17H,2-3,9-14H2,1H3,(H2,20,22)/t16-,17-/m0/s1. The van der Waals surface area contributed by atoms with Gasteiger partial charge in [-0.05, 0) is 12.0 Å². The molecule has 0 unspecified atom stereocenters. The van der Waals surface area contributed by atoms with Gasteiger partial charge in [0.15, 0.2) is 0 Å². The van der Waals surface area contributed by atoms with Gasteiger partial charge in [0.05, 0.1) is 13.2 Å². The van der Waals surface area contributed by atoms with Crippen LogP contribution in [0, 0.1) is 0 Å². The van der Waals surface area contributed by atoms with E-state index in [2.05, 4.69) is 0 Å². The molecule has 138 valence electrons. The summed E-state index contributed by atoms with van der Waals surface area (Å²) >= 11 is 0. The van der Waals surface area contributed by atoms with Crippen molar-refractivity contribution in [2.45, 2.75) is 44.8 Å². The average Bonchev–Trinajstić information content (AvgIpc) is 2.65. The van der Waals surface area contributed by atoms with Gasteiger partial charge in [0.1, 0.15) is 12.2 Å². The largest absolute Gasteiger partial charge is 0.378 e. The number of hydrogen-bond acceptors (Lipinski definition) is 4. The highest BCUT2D eigenvalue weighted by Crippen LogP contribution is 2.15. The summed E-state index contributed by atoms with van der Waals surface area (Å²) in [7, 11) is 0. The topological polar surface area (TPSA) is 81.9 Å². The lowest BCUT2D eigenvalue weighted by Crippen LogP contribution is -2.49. The molecule has 1 fully saturated rings. The summed E-state index contributed by atoms with van der Waals surface area (Å²) in [6.45, 7) is 4.18. The maximum Gasteiger partial charge on any atom is 0.252 e. The Kier molecular flexibility index (Phi) is 7.88. The lowest BCUT2D eigenvalue weighted by molar-refractivity contribution is -0.155. The van der Waals surface area contributed by atoms with E-state index in [1.54, 1.807) is 4.90 Å². The van der Waals surface area contributed by atoms with Gasteiger partial charge in [-0.1, -0.05) is 50.1 Å². The Morgan fingerprint density at radius 1 is 1.20 bits per heavy atom. The van der Waals surface area contributed by atoms with E-state index in [9.17, 15) is 9.59 Å². The van der Waals surface area contributed by atoms with Crippen molar-refractivity contribution >= 4 is 11.8 Å². The van der Waals surface area contributed by atoms with Crippen LogP contribution in [-0.4, -0.2) is 55.2 Å². The van der Waals surface area contributed by atoms with E-state index >= 15 is 0 Å². The van der Waals surface area contributed by atoms with Crippen molar-refractivity contribution in [2.24, 2.45) is 5.73 Å². The molecule has 2 atom stereocenters. The van der Waals surface area contributed by atoms with Gasteiger partial charge in [-0.2, -0.15) is 0 Å². The van der Waals surface area contributed by atoms with Crippen molar-refractivity contribution < 1.29 is 19.1 Å². The summed E-state index contributed by atoms with van der Waals surface area (Å²) in [5.74, 6) is -0.615. The Morgan fingerprint density at radius 2 is 1.88 bits per heavy atom. The molecule has 0 spiro atoms. The van der Waals surface area contributed by atoms with E-state index in [-0.39, 0.29) is 5.91 Å². The third-order valence-electron chi connectivity index (χ3n) is 4.33. The fraction of sp³-hybridized carbons (Fsp3) is 0.579. The van der Waals surface area contributed by atoms with E-state index in [0.29, 0.717) is 39.1 Å². The molecular formula is C19H28N2O4. The number of carbonyl (C=O) groups is 2. The van der Waals surface area contributed by atoms with E-state index < -0.39 is 18.1 Å². The van der Waals surface area contributed by atoms with Crippen LogP contribution in [0.5, 0.6) is 0 Å². The van der Waals surface area contributed by atoms with Gasteiger partial charge in [-0.15, -0.1) is 0 Å². The predicted octanol–water partition coefficient (Wildman–Crippen LogP) is 1.52. The summed E-state index contributed by atoms with van der Waals surface area (Å²) in [6.07, 6.45) is 1.28. The Bertz CT molecular complexity index is 544. The number of ether oxygens (including phenoxy) is 2. The molecule has 1 aliphatic rings. The Labute approximate surface area is 149 Å². The van der Waals surface area contributed by atoms with Crippen molar-refractivity contribution in [2.75, 3.05) is 26.3 Å². The van der Waals surface area contributed by atoms with Crippen LogP contribution in [0.2, 0.25) is 0 Å². The zero-order chi connectivity index (χ0) is 18.1. The molecule has 6 nitrogen and oxygen atoms in total. The minimum absolute atomic E-state index is 0.102. The SMILES string of the molecule is CCCC[C@H](O[C@@H](Cc1ccccc1)C(=O)N1CCOCC1)C(N)=O. The number of hydrogen-bond donors (Lipinski definition) is 1. The minimum atomic E-state index is -0.737. The van der Waals surface area contributed by atoms with Gasteiger partial charge in [0, 0.05) is 19.5 Å². The molecule has 2 amide bonds. The molecule has 1 aliphatic heterocycles. The molecular weight excluding hydrogens is 320 g/mol. The maximum absolute atomic E-state index is 12.9. The number of primary amides is 1. The predicted molar refractivity (Wildman–Crippen MR) is 94.9 cm³/mol. The third kappa shape index (κ3) is 6.14. The average molecular weight is 348 g/mol. The van der Waals surface area contributed by atoms with Crippen LogP contribution in [0.1, 0.15) is 31.7 Å². The third-order valence-corrected chi connectivity index (χ3v) is 4.33. The van der Waals surface area contributed by atoms with Crippen molar-refractivity contribution in [3.05, 3.63) is 35.9 Å². The van der Waals surface area contributed by atoms with Gasteiger partial charge in [-0.3, -0.25) is 9.59 Å². The van der Waals surface area contributed by atoms with E-state index in [1.807, 2.05) is 37.3 Å². The molecule has 6 heteroatoms. The molecule has 25 heavy (non-hydrogen) atoms. The summed E-state index contributed by atoms with van der Waals surface area (Å²) in [6, 6.07) is 9.68. The highest BCUT2D eigenvalue weighted by Gasteiger charge is 2.30. The van der Waals surface area contributed by atoms with Crippen LogP contribution < -0.4 is 5.73 Å². The number of unbranched alkanes of at least 4 members (excludes halogenated alkanes) is 1. The van der Waals surface area contributed by atoms with Gasteiger partial charge >= 0.3 is 0 Å².